The minimum absolute atomic E-state index is 0.157. The molecule has 0 saturated heterocycles. The van der Waals surface area contributed by atoms with E-state index in [1.165, 1.54) is 21.9 Å². The van der Waals surface area contributed by atoms with Crippen LogP contribution in [0.15, 0.2) is 46.8 Å². The van der Waals surface area contributed by atoms with Crippen molar-refractivity contribution in [1.29, 1.82) is 0 Å². The van der Waals surface area contributed by atoms with Crippen molar-refractivity contribution in [3.05, 3.63) is 58.1 Å². The van der Waals surface area contributed by atoms with Gasteiger partial charge in [-0.25, -0.2) is 14.5 Å². The number of hydrogen-bond acceptors (Lipinski definition) is 5. The van der Waals surface area contributed by atoms with Gasteiger partial charge in [0, 0.05) is 41.3 Å². The van der Waals surface area contributed by atoms with Gasteiger partial charge in [-0.1, -0.05) is 6.07 Å². The first-order valence-electron chi connectivity index (χ1n) is 8.06. The molecule has 0 radical (unpaired) electrons. The molecule has 0 atom stereocenters. The smallest absolute Gasteiger partial charge is 0.273 e. The summed E-state index contributed by atoms with van der Waals surface area (Å²) >= 11 is 1.54. The maximum Gasteiger partial charge on any atom is 0.273 e. The number of nitrogens with one attached hydrogen (secondary N) is 1. The minimum atomic E-state index is -0.157. The third-order valence-corrected chi connectivity index (χ3v) is 5.38. The van der Waals surface area contributed by atoms with Crippen LogP contribution in [0.5, 0.6) is 0 Å². The van der Waals surface area contributed by atoms with Gasteiger partial charge >= 0.3 is 0 Å². The van der Waals surface area contributed by atoms with Crippen molar-refractivity contribution in [1.82, 2.24) is 29.4 Å². The topological polar surface area (TPSA) is 80.9 Å². The summed E-state index contributed by atoms with van der Waals surface area (Å²) in [7, 11) is 1.90. The van der Waals surface area contributed by atoms with E-state index < -0.39 is 0 Å². The molecule has 26 heavy (non-hydrogen) atoms. The highest BCUT2D eigenvalue weighted by atomic mass is 32.1. The number of aromatic amines is 1. The lowest BCUT2D eigenvalue weighted by atomic mass is 10.1. The standard InChI is InChI=1S/C18H14N6OS/c1-10-9-26-18(21-10)13-8-20-24-16(25)6-14(22-17(13)24)11-3-4-15-12(5-11)7-19-23(15)2/h3-9,20H,1-2H3. The summed E-state index contributed by atoms with van der Waals surface area (Å²) in [6, 6.07) is 7.49. The van der Waals surface area contributed by atoms with Gasteiger partial charge in [0.2, 0.25) is 0 Å². The maximum absolute atomic E-state index is 12.5. The van der Waals surface area contributed by atoms with Crippen LogP contribution in [-0.2, 0) is 7.05 Å². The van der Waals surface area contributed by atoms with Crippen LogP contribution in [-0.4, -0.2) is 29.4 Å². The molecule has 0 amide bonds. The number of rotatable bonds is 2. The zero-order chi connectivity index (χ0) is 17.8. The van der Waals surface area contributed by atoms with E-state index in [0.29, 0.717) is 11.3 Å². The van der Waals surface area contributed by atoms with Crippen LogP contribution in [0.25, 0.3) is 38.4 Å². The molecule has 0 aliphatic carbocycles. The lowest BCUT2D eigenvalue weighted by Crippen LogP contribution is -2.14. The van der Waals surface area contributed by atoms with Crippen molar-refractivity contribution in [2.75, 3.05) is 0 Å². The summed E-state index contributed by atoms with van der Waals surface area (Å²) < 4.78 is 3.26. The number of aryl methyl sites for hydroxylation is 2. The van der Waals surface area contributed by atoms with Gasteiger partial charge in [0.05, 0.1) is 23.0 Å². The Morgan fingerprint density at radius 2 is 2.08 bits per heavy atom. The zero-order valence-corrected chi connectivity index (χ0v) is 14.9. The van der Waals surface area contributed by atoms with Gasteiger partial charge in [-0.3, -0.25) is 14.6 Å². The fraction of sp³-hybridized carbons (Fsp3) is 0.111. The van der Waals surface area contributed by atoms with Crippen LogP contribution in [0.4, 0.5) is 0 Å². The van der Waals surface area contributed by atoms with E-state index in [4.69, 9.17) is 4.98 Å². The Kier molecular flexibility index (Phi) is 3.10. The molecule has 0 bridgehead atoms. The highest BCUT2D eigenvalue weighted by molar-refractivity contribution is 7.13. The Bertz CT molecular complexity index is 1340. The fourth-order valence-electron chi connectivity index (χ4n) is 3.09. The van der Waals surface area contributed by atoms with Crippen LogP contribution in [0.3, 0.4) is 0 Å². The van der Waals surface area contributed by atoms with Crippen molar-refractivity contribution < 1.29 is 0 Å². The van der Waals surface area contributed by atoms with Crippen LogP contribution in [0.1, 0.15) is 5.69 Å². The molecule has 4 heterocycles. The molecule has 5 aromatic rings. The number of benzene rings is 1. The van der Waals surface area contributed by atoms with Gasteiger partial charge in [0.15, 0.2) is 5.65 Å². The average molecular weight is 362 g/mol. The Labute approximate surface area is 151 Å². The Hall–Kier alpha value is -3.26. The van der Waals surface area contributed by atoms with E-state index in [0.717, 1.165) is 32.7 Å². The predicted molar refractivity (Wildman–Crippen MR) is 101 cm³/mol. The SMILES string of the molecule is Cc1csc(-c2c[nH]n3c(=O)cc(-c4ccc5c(cnn5C)c4)nc23)n1. The second-order valence-corrected chi connectivity index (χ2v) is 7.02. The number of aromatic nitrogens is 6. The van der Waals surface area contributed by atoms with Crippen molar-refractivity contribution in [2.24, 2.45) is 7.05 Å². The van der Waals surface area contributed by atoms with E-state index in [-0.39, 0.29) is 5.56 Å². The number of fused-ring (bicyclic) bond motifs is 2. The largest absolute Gasteiger partial charge is 0.296 e. The second-order valence-electron chi connectivity index (χ2n) is 6.16. The molecule has 1 N–H and O–H groups in total. The Balaban J connectivity index is 1.73. The van der Waals surface area contributed by atoms with Crippen LogP contribution >= 0.6 is 11.3 Å². The van der Waals surface area contributed by atoms with Crippen LogP contribution < -0.4 is 5.56 Å². The molecule has 0 unspecified atom stereocenters. The molecule has 128 valence electrons. The first kappa shape index (κ1) is 15.0. The van der Waals surface area contributed by atoms with Gasteiger partial charge < -0.3 is 0 Å². The van der Waals surface area contributed by atoms with E-state index in [1.54, 1.807) is 6.20 Å². The van der Waals surface area contributed by atoms with Crippen molar-refractivity contribution in [3.63, 3.8) is 0 Å². The van der Waals surface area contributed by atoms with E-state index in [9.17, 15) is 4.79 Å². The molecule has 0 aliphatic rings. The molecule has 0 fully saturated rings. The molecule has 4 aromatic heterocycles. The second kappa shape index (κ2) is 5.37. The van der Waals surface area contributed by atoms with Crippen LogP contribution in [0.2, 0.25) is 0 Å². The lowest BCUT2D eigenvalue weighted by molar-refractivity contribution is 0.797. The number of thiazole rings is 1. The van der Waals surface area contributed by atoms with Gasteiger partial charge in [0.25, 0.3) is 5.56 Å². The average Bonchev–Trinajstić information content (AvgIpc) is 3.33. The molecule has 0 spiro atoms. The van der Waals surface area contributed by atoms with Gasteiger partial charge in [-0.05, 0) is 19.1 Å². The Morgan fingerprint density at radius 3 is 2.88 bits per heavy atom. The fourth-order valence-corrected chi connectivity index (χ4v) is 3.90. The first-order chi connectivity index (χ1) is 12.6. The summed E-state index contributed by atoms with van der Waals surface area (Å²) in [5.41, 5.74) is 4.74. The Morgan fingerprint density at radius 1 is 1.19 bits per heavy atom. The van der Waals surface area contributed by atoms with E-state index in [2.05, 4.69) is 15.2 Å². The van der Waals surface area contributed by atoms with Crippen molar-refractivity contribution in [2.45, 2.75) is 6.92 Å². The summed E-state index contributed by atoms with van der Waals surface area (Å²) in [6.45, 7) is 1.95. The molecular formula is C18H14N6OS. The van der Waals surface area contributed by atoms with E-state index >= 15 is 0 Å². The summed E-state index contributed by atoms with van der Waals surface area (Å²) in [4.78, 5) is 21.8. The summed E-state index contributed by atoms with van der Waals surface area (Å²) in [5.74, 6) is 0. The van der Waals surface area contributed by atoms with Gasteiger partial charge in [-0.15, -0.1) is 11.3 Å². The summed E-state index contributed by atoms with van der Waals surface area (Å²) in [5, 5.41) is 11.1. The molecule has 8 heteroatoms. The van der Waals surface area contributed by atoms with E-state index in [1.807, 2.05) is 48.4 Å². The minimum Gasteiger partial charge on any atom is -0.296 e. The number of hydrogen-bond donors (Lipinski definition) is 1. The van der Waals surface area contributed by atoms with Gasteiger partial charge in [-0.2, -0.15) is 5.10 Å². The highest BCUT2D eigenvalue weighted by Crippen LogP contribution is 2.28. The van der Waals surface area contributed by atoms with Crippen molar-refractivity contribution >= 4 is 27.9 Å². The molecule has 7 nitrogen and oxygen atoms in total. The normalized spacial score (nSPS) is 11.6. The van der Waals surface area contributed by atoms with Crippen molar-refractivity contribution in [3.8, 4) is 21.8 Å². The molecule has 0 aliphatic heterocycles. The first-order valence-corrected chi connectivity index (χ1v) is 8.94. The molecule has 5 rings (SSSR count). The summed E-state index contributed by atoms with van der Waals surface area (Å²) in [6.07, 6.45) is 3.58. The van der Waals surface area contributed by atoms with Gasteiger partial charge in [0.1, 0.15) is 5.01 Å². The third-order valence-electron chi connectivity index (χ3n) is 4.39. The highest BCUT2D eigenvalue weighted by Gasteiger charge is 2.14. The maximum atomic E-state index is 12.5. The monoisotopic (exact) mass is 362 g/mol. The molecule has 1 aromatic carbocycles. The third kappa shape index (κ3) is 2.19. The molecular weight excluding hydrogens is 348 g/mol. The number of H-pyrrole nitrogens is 1. The number of nitrogens with zero attached hydrogens (tertiary/aromatic N) is 5. The van der Waals surface area contributed by atoms with Crippen LogP contribution in [0, 0.1) is 6.92 Å². The molecule has 0 saturated carbocycles. The lowest BCUT2D eigenvalue weighted by Gasteiger charge is -2.03. The quantitative estimate of drug-likeness (QED) is 0.523. The zero-order valence-electron chi connectivity index (χ0n) is 14.1. The predicted octanol–water partition coefficient (Wildman–Crippen LogP) is 3.01.